The van der Waals surface area contributed by atoms with Crippen LogP contribution in [0.1, 0.15) is 15.9 Å². The van der Waals surface area contributed by atoms with Gasteiger partial charge >= 0.3 is 0 Å². The molecule has 126 valence electrons. The molecule has 1 aromatic heterocycles. The Bertz CT molecular complexity index is 847. The van der Waals surface area contributed by atoms with Crippen LogP contribution in [0.4, 0.5) is 8.78 Å². The number of aromatic nitrogens is 2. The van der Waals surface area contributed by atoms with Crippen molar-refractivity contribution in [2.75, 3.05) is 6.54 Å². The van der Waals surface area contributed by atoms with Gasteiger partial charge in [-0.3, -0.25) is 4.79 Å². The molecule has 1 amide bonds. The summed E-state index contributed by atoms with van der Waals surface area (Å²) in [5.74, 6) is -1.93. The minimum Gasteiger partial charge on any atom is -0.352 e. The zero-order chi connectivity index (χ0) is 17.6. The molecule has 1 heterocycles. The van der Waals surface area contributed by atoms with Gasteiger partial charge in [0, 0.05) is 24.5 Å². The van der Waals surface area contributed by atoms with E-state index in [1.54, 1.807) is 12.4 Å². The summed E-state index contributed by atoms with van der Waals surface area (Å²) >= 11 is 0. The fourth-order valence-electron chi connectivity index (χ4n) is 2.34. The number of halogens is 2. The molecule has 25 heavy (non-hydrogen) atoms. The standard InChI is InChI=1S/C19H15F2N3O/c20-15-7-4-8-16(21)17(15)19(25)22-10-9-13-11-23-18(24-12-13)14-5-2-1-3-6-14/h1-8,11-12H,9-10H2,(H,22,25). The van der Waals surface area contributed by atoms with Crippen LogP contribution in [0.15, 0.2) is 60.9 Å². The fraction of sp³-hybridized carbons (Fsp3) is 0.105. The second kappa shape index (κ2) is 7.61. The quantitative estimate of drug-likeness (QED) is 0.775. The highest BCUT2D eigenvalue weighted by atomic mass is 19.1. The highest BCUT2D eigenvalue weighted by Gasteiger charge is 2.16. The molecule has 0 aliphatic heterocycles. The molecular formula is C19H15F2N3O. The topological polar surface area (TPSA) is 54.9 Å². The Hall–Kier alpha value is -3.15. The van der Waals surface area contributed by atoms with Crippen LogP contribution in [-0.4, -0.2) is 22.4 Å². The van der Waals surface area contributed by atoms with E-state index in [1.165, 1.54) is 6.07 Å². The molecule has 2 aromatic carbocycles. The van der Waals surface area contributed by atoms with Crippen molar-refractivity contribution in [2.45, 2.75) is 6.42 Å². The van der Waals surface area contributed by atoms with Gasteiger partial charge in [0.1, 0.15) is 17.2 Å². The predicted molar refractivity (Wildman–Crippen MR) is 89.9 cm³/mol. The monoisotopic (exact) mass is 339 g/mol. The lowest BCUT2D eigenvalue weighted by Crippen LogP contribution is -2.27. The Kier molecular flexibility index (Phi) is 5.09. The summed E-state index contributed by atoms with van der Waals surface area (Å²) < 4.78 is 27.1. The molecule has 0 atom stereocenters. The van der Waals surface area contributed by atoms with Gasteiger partial charge in [-0.25, -0.2) is 18.7 Å². The van der Waals surface area contributed by atoms with E-state index in [4.69, 9.17) is 0 Å². The third kappa shape index (κ3) is 4.03. The zero-order valence-electron chi connectivity index (χ0n) is 13.2. The molecule has 0 spiro atoms. The maximum atomic E-state index is 13.5. The summed E-state index contributed by atoms with van der Waals surface area (Å²) in [5, 5.41) is 2.50. The van der Waals surface area contributed by atoms with Crippen molar-refractivity contribution < 1.29 is 13.6 Å². The van der Waals surface area contributed by atoms with E-state index in [9.17, 15) is 13.6 Å². The van der Waals surface area contributed by atoms with E-state index in [0.29, 0.717) is 12.2 Å². The van der Waals surface area contributed by atoms with E-state index < -0.39 is 23.1 Å². The number of amides is 1. The van der Waals surface area contributed by atoms with Crippen molar-refractivity contribution in [2.24, 2.45) is 0 Å². The van der Waals surface area contributed by atoms with Gasteiger partial charge in [0.05, 0.1) is 0 Å². The van der Waals surface area contributed by atoms with Crippen LogP contribution < -0.4 is 5.32 Å². The van der Waals surface area contributed by atoms with Gasteiger partial charge in [-0.1, -0.05) is 36.4 Å². The number of hydrogen-bond donors (Lipinski definition) is 1. The Morgan fingerprint density at radius 3 is 2.20 bits per heavy atom. The average Bonchev–Trinajstić information content (AvgIpc) is 2.63. The number of nitrogens with one attached hydrogen (secondary N) is 1. The summed E-state index contributed by atoms with van der Waals surface area (Å²) in [5.41, 5.74) is 1.16. The fourth-order valence-corrected chi connectivity index (χ4v) is 2.34. The predicted octanol–water partition coefficient (Wildman–Crippen LogP) is 3.39. The largest absolute Gasteiger partial charge is 0.352 e. The SMILES string of the molecule is O=C(NCCc1cnc(-c2ccccc2)nc1)c1c(F)cccc1F. The maximum Gasteiger partial charge on any atom is 0.257 e. The van der Waals surface area contributed by atoms with E-state index >= 15 is 0 Å². The van der Waals surface area contributed by atoms with Gasteiger partial charge in [0.15, 0.2) is 5.82 Å². The highest BCUT2D eigenvalue weighted by Crippen LogP contribution is 2.14. The molecule has 4 nitrogen and oxygen atoms in total. The van der Waals surface area contributed by atoms with Crippen molar-refractivity contribution in [1.29, 1.82) is 0 Å². The van der Waals surface area contributed by atoms with E-state index in [1.807, 2.05) is 30.3 Å². The molecule has 0 unspecified atom stereocenters. The van der Waals surface area contributed by atoms with Crippen LogP contribution >= 0.6 is 0 Å². The summed E-state index contributed by atoms with van der Waals surface area (Å²) in [7, 11) is 0. The van der Waals surface area contributed by atoms with Crippen molar-refractivity contribution in [1.82, 2.24) is 15.3 Å². The number of rotatable bonds is 5. The van der Waals surface area contributed by atoms with Gasteiger partial charge in [0.2, 0.25) is 0 Å². The minimum absolute atomic E-state index is 0.223. The first-order valence-electron chi connectivity index (χ1n) is 7.73. The van der Waals surface area contributed by atoms with Crippen LogP contribution in [0.25, 0.3) is 11.4 Å². The normalized spacial score (nSPS) is 10.5. The Balaban J connectivity index is 1.58. The first-order chi connectivity index (χ1) is 12.1. The first kappa shape index (κ1) is 16.7. The van der Waals surface area contributed by atoms with E-state index in [-0.39, 0.29) is 6.54 Å². The Labute approximate surface area is 143 Å². The molecule has 3 aromatic rings. The molecular weight excluding hydrogens is 324 g/mol. The summed E-state index contributed by atoms with van der Waals surface area (Å²) in [4.78, 5) is 20.5. The van der Waals surface area contributed by atoms with Crippen LogP contribution in [0.3, 0.4) is 0 Å². The molecule has 6 heteroatoms. The van der Waals surface area contributed by atoms with Crippen LogP contribution in [0.2, 0.25) is 0 Å². The maximum absolute atomic E-state index is 13.5. The van der Waals surface area contributed by atoms with Crippen molar-refractivity contribution >= 4 is 5.91 Å². The second-order valence-electron chi connectivity index (χ2n) is 5.38. The number of carbonyl (C=O) groups excluding carboxylic acids is 1. The van der Waals surface area contributed by atoms with Crippen LogP contribution in [0.5, 0.6) is 0 Å². The highest BCUT2D eigenvalue weighted by molar-refractivity contribution is 5.94. The molecule has 0 fully saturated rings. The van der Waals surface area contributed by atoms with Gasteiger partial charge in [-0.05, 0) is 24.1 Å². The van der Waals surface area contributed by atoms with Crippen molar-refractivity contribution in [3.63, 3.8) is 0 Å². The first-order valence-corrected chi connectivity index (χ1v) is 7.73. The Morgan fingerprint density at radius 2 is 1.56 bits per heavy atom. The van der Waals surface area contributed by atoms with E-state index in [2.05, 4.69) is 15.3 Å². The summed E-state index contributed by atoms with van der Waals surface area (Å²) in [6.07, 6.45) is 3.80. The molecule has 1 N–H and O–H groups in total. The van der Waals surface area contributed by atoms with Gasteiger partial charge in [0.25, 0.3) is 5.91 Å². The zero-order valence-corrected chi connectivity index (χ0v) is 13.2. The summed E-state index contributed by atoms with van der Waals surface area (Å²) in [6.45, 7) is 0.223. The lowest BCUT2D eigenvalue weighted by molar-refractivity contribution is 0.0945. The van der Waals surface area contributed by atoms with Gasteiger partial charge < -0.3 is 5.32 Å². The van der Waals surface area contributed by atoms with Gasteiger partial charge in [-0.15, -0.1) is 0 Å². The third-order valence-corrected chi connectivity index (χ3v) is 3.63. The molecule has 0 aliphatic rings. The molecule has 0 saturated heterocycles. The smallest absolute Gasteiger partial charge is 0.257 e. The molecule has 0 bridgehead atoms. The Morgan fingerprint density at radius 1 is 0.920 bits per heavy atom. The molecule has 3 rings (SSSR count). The lowest BCUT2D eigenvalue weighted by atomic mass is 10.1. The number of carbonyl (C=O) groups is 1. The van der Waals surface area contributed by atoms with Crippen LogP contribution in [0, 0.1) is 11.6 Å². The van der Waals surface area contributed by atoms with Gasteiger partial charge in [-0.2, -0.15) is 0 Å². The number of benzene rings is 2. The molecule has 0 aliphatic carbocycles. The lowest BCUT2D eigenvalue weighted by Gasteiger charge is -2.07. The number of nitrogens with zero attached hydrogens (tertiary/aromatic N) is 2. The number of hydrogen-bond acceptors (Lipinski definition) is 3. The third-order valence-electron chi connectivity index (χ3n) is 3.63. The molecule has 0 saturated carbocycles. The average molecular weight is 339 g/mol. The van der Waals surface area contributed by atoms with E-state index in [0.717, 1.165) is 23.3 Å². The summed E-state index contributed by atoms with van der Waals surface area (Å²) in [6, 6.07) is 12.9. The van der Waals surface area contributed by atoms with Crippen molar-refractivity contribution in [3.05, 3.63) is 83.7 Å². The molecule has 0 radical (unpaired) electrons. The second-order valence-corrected chi connectivity index (χ2v) is 5.38. The van der Waals surface area contributed by atoms with Crippen LogP contribution in [-0.2, 0) is 6.42 Å². The van der Waals surface area contributed by atoms with Crippen molar-refractivity contribution in [3.8, 4) is 11.4 Å². The minimum atomic E-state index is -0.881.